The number of halogens is 2. The highest BCUT2D eigenvalue weighted by Gasteiger charge is 2.54. The van der Waals surface area contributed by atoms with E-state index in [0.29, 0.717) is 12.0 Å². The largest absolute Gasteiger partial charge is 0.385 e. The van der Waals surface area contributed by atoms with Crippen molar-refractivity contribution < 1.29 is 13.9 Å². The van der Waals surface area contributed by atoms with E-state index in [-0.39, 0.29) is 11.5 Å². The minimum atomic E-state index is -1.06. The van der Waals surface area contributed by atoms with Gasteiger partial charge in [-0.25, -0.2) is 8.78 Å². The summed E-state index contributed by atoms with van der Waals surface area (Å²) in [5, 5.41) is 10.1. The zero-order valence-corrected chi connectivity index (χ0v) is 8.85. The van der Waals surface area contributed by atoms with E-state index in [1.165, 1.54) is 6.07 Å². The van der Waals surface area contributed by atoms with Crippen LogP contribution in [-0.2, 0) is 5.60 Å². The molecule has 1 saturated carbocycles. The van der Waals surface area contributed by atoms with Crippen molar-refractivity contribution in [2.24, 2.45) is 5.92 Å². The molecule has 1 nitrogen and oxygen atoms in total. The van der Waals surface area contributed by atoms with Crippen molar-refractivity contribution in [3.8, 4) is 0 Å². The summed E-state index contributed by atoms with van der Waals surface area (Å²) in [6.07, 6.45) is 1.39. The molecule has 0 heterocycles. The number of aliphatic hydroxyl groups is 1. The molecule has 2 unspecified atom stereocenters. The molecule has 1 aliphatic rings. The Morgan fingerprint density at radius 2 is 2.07 bits per heavy atom. The number of aryl methyl sites for hydroxylation is 1. The number of rotatable bonds is 2. The van der Waals surface area contributed by atoms with Gasteiger partial charge >= 0.3 is 0 Å². The van der Waals surface area contributed by atoms with Gasteiger partial charge in [0.2, 0.25) is 0 Å². The summed E-state index contributed by atoms with van der Waals surface area (Å²) in [5.74, 6) is -1.10. The number of benzene rings is 1. The molecular weight excluding hydrogens is 198 g/mol. The van der Waals surface area contributed by atoms with Gasteiger partial charge in [-0.1, -0.05) is 13.3 Å². The van der Waals surface area contributed by atoms with Gasteiger partial charge in [-0.15, -0.1) is 0 Å². The normalized spacial score (nSPS) is 29.3. The molecule has 1 aliphatic carbocycles. The van der Waals surface area contributed by atoms with Crippen LogP contribution < -0.4 is 0 Å². The van der Waals surface area contributed by atoms with E-state index in [4.69, 9.17) is 0 Å². The first-order chi connectivity index (χ1) is 6.99. The van der Waals surface area contributed by atoms with Gasteiger partial charge in [0.1, 0.15) is 11.6 Å². The third kappa shape index (κ3) is 1.55. The van der Waals surface area contributed by atoms with Gasteiger partial charge in [0.25, 0.3) is 0 Å². The van der Waals surface area contributed by atoms with Gasteiger partial charge in [-0.2, -0.15) is 0 Å². The third-order valence-electron chi connectivity index (χ3n) is 3.28. The Bertz CT molecular complexity index is 403. The molecule has 15 heavy (non-hydrogen) atoms. The molecule has 0 spiro atoms. The van der Waals surface area contributed by atoms with Crippen molar-refractivity contribution >= 4 is 0 Å². The highest BCUT2D eigenvalue weighted by atomic mass is 19.1. The predicted molar refractivity (Wildman–Crippen MR) is 53.4 cm³/mol. The van der Waals surface area contributed by atoms with Crippen LogP contribution >= 0.6 is 0 Å². The Morgan fingerprint density at radius 3 is 2.60 bits per heavy atom. The van der Waals surface area contributed by atoms with E-state index in [9.17, 15) is 13.9 Å². The van der Waals surface area contributed by atoms with Crippen LogP contribution in [0.2, 0.25) is 0 Å². The van der Waals surface area contributed by atoms with E-state index in [0.717, 1.165) is 12.5 Å². The van der Waals surface area contributed by atoms with Crippen LogP contribution in [0.25, 0.3) is 0 Å². The Kier molecular flexibility index (Phi) is 2.30. The maximum absolute atomic E-state index is 13.5. The van der Waals surface area contributed by atoms with Gasteiger partial charge in [0, 0.05) is 11.6 Å². The highest BCUT2D eigenvalue weighted by molar-refractivity contribution is 5.35. The number of hydrogen-bond acceptors (Lipinski definition) is 1. The molecule has 1 aromatic carbocycles. The topological polar surface area (TPSA) is 20.2 Å². The van der Waals surface area contributed by atoms with Crippen LogP contribution in [-0.4, -0.2) is 5.11 Å². The first kappa shape index (κ1) is 10.6. The van der Waals surface area contributed by atoms with Crippen molar-refractivity contribution in [1.82, 2.24) is 0 Å². The van der Waals surface area contributed by atoms with Crippen molar-refractivity contribution in [3.05, 3.63) is 34.9 Å². The Labute approximate surface area is 87.7 Å². The Morgan fingerprint density at radius 1 is 1.40 bits per heavy atom. The molecule has 0 bridgehead atoms. The molecule has 0 aliphatic heterocycles. The lowest BCUT2D eigenvalue weighted by Gasteiger charge is -2.12. The second-order valence-corrected chi connectivity index (χ2v) is 4.31. The molecular formula is C12H14F2O. The van der Waals surface area contributed by atoms with Crippen LogP contribution in [0.1, 0.15) is 30.9 Å². The lowest BCUT2D eigenvalue weighted by atomic mass is 10.0. The molecule has 0 aromatic heterocycles. The average molecular weight is 212 g/mol. The molecule has 3 heteroatoms. The van der Waals surface area contributed by atoms with E-state index >= 15 is 0 Å². The van der Waals surface area contributed by atoms with Gasteiger partial charge in [0.05, 0.1) is 5.60 Å². The van der Waals surface area contributed by atoms with Gasteiger partial charge in [0.15, 0.2) is 0 Å². The molecule has 2 atom stereocenters. The molecule has 1 N–H and O–H groups in total. The number of hydrogen-bond donors (Lipinski definition) is 1. The van der Waals surface area contributed by atoms with Gasteiger partial charge in [-0.05, 0) is 30.9 Å². The maximum Gasteiger partial charge on any atom is 0.132 e. The zero-order chi connectivity index (χ0) is 11.2. The average Bonchev–Trinajstić information content (AvgIpc) is 2.84. The summed E-state index contributed by atoms with van der Waals surface area (Å²) < 4.78 is 26.5. The molecule has 1 aromatic rings. The third-order valence-corrected chi connectivity index (χ3v) is 3.28. The van der Waals surface area contributed by atoms with Gasteiger partial charge < -0.3 is 5.11 Å². The fourth-order valence-corrected chi connectivity index (χ4v) is 2.12. The molecule has 1 fully saturated rings. The summed E-state index contributed by atoms with van der Waals surface area (Å²) in [6, 6.07) is 2.27. The second-order valence-electron chi connectivity index (χ2n) is 4.31. The van der Waals surface area contributed by atoms with Gasteiger partial charge in [-0.3, -0.25) is 0 Å². The van der Waals surface area contributed by atoms with Crippen molar-refractivity contribution in [2.45, 2.75) is 32.3 Å². The summed E-state index contributed by atoms with van der Waals surface area (Å²) in [5.41, 5.74) is -0.438. The lowest BCUT2D eigenvalue weighted by molar-refractivity contribution is 0.125. The minimum absolute atomic E-state index is 0.108. The van der Waals surface area contributed by atoms with Crippen LogP contribution in [0.5, 0.6) is 0 Å². The molecule has 0 amide bonds. The maximum atomic E-state index is 13.5. The molecule has 2 rings (SSSR count). The highest BCUT2D eigenvalue weighted by Crippen LogP contribution is 2.54. The van der Waals surface area contributed by atoms with E-state index in [1.807, 2.05) is 6.92 Å². The van der Waals surface area contributed by atoms with Crippen molar-refractivity contribution in [3.63, 3.8) is 0 Å². The minimum Gasteiger partial charge on any atom is -0.385 e. The van der Waals surface area contributed by atoms with E-state index < -0.39 is 17.2 Å². The summed E-state index contributed by atoms with van der Waals surface area (Å²) in [4.78, 5) is 0. The van der Waals surface area contributed by atoms with E-state index in [2.05, 4.69) is 0 Å². The Balaban J connectivity index is 2.42. The molecule has 0 saturated heterocycles. The summed E-state index contributed by atoms with van der Waals surface area (Å²) in [6.45, 7) is 3.53. The smallest absolute Gasteiger partial charge is 0.132 e. The van der Waals surface area contributed by atoms with Crippen LogP contribution in [0.3, 0.4) is 0 Å². The predicted octanol–water partition coefficient (Wildman–Crippen LogP) is 2.89. The Hall–Kier alpha value is -0.960. The second kappa shape index (κ2) is 3.27. The van der Waals surface area contributed by atoms with Crippen molar-refractivity contribution in [1.29, 1.82) is 0 Å². The monoisotopic (exact) mass is 212 g/mol. The van der Waals surface area contributed by atoms with E-state index in [1.54, 1.807) is 6.92 Å². The van der Waals surface area contributed by atoms with Crippen molar-refractivity contribution in [2.75, 3.05) is 0 Å². The fraction of sp³-hybridized carbons (Fsp3) is 0.500. The van der Waals surface area contributed by atoms with Crippen LogP contribution in [0.4, 0.5) is 8.78 Å². The van der Waals surface area contributed by atoms with Crippen LogP contribution in [0.15, 0.2) is 12.1 Å². The summed E-state index contributed by atoms with van der Waals surface area (Å²) >= 11 is 0. The molecule has 82 valence electrons. The first-order valence-electron chi connectivity index (χ1n) is 5.17. The standard InChI is InChI=1S/C12H14F2O/c1-3-8-6-12(8,15)9-4-7(2)10(13)5-11(9)14/h4-5,8,15H,3,6H2,1-2H3. The molecule has 0 radical (unpaired) electrons. The fourth-order valence-electron chi connectivity index (χ4n) is 2.12. The van der Waals surface area contributed by atoms with Crippen LogP contribution in [0, 0.1) is 24.5 Å². The zero-order valence-electron chi connectivity index (χ0n) is 8.85. The lowest BCUT2D eigenvalue weighted by Crippen LogP contribution is -2.12. The summed E-state index contributed by atoms with van der Waals surface area (Å²) in [7, 11) is 0. The first-order valence-corrected chi connectivity index (χ1v) is 5.17. The quantitative estimate of drug-likeness (QED) is 0.799. The SMILES string of the molecule is CCC1CC1(O)c1cc(C)c(F)cc1F.